The molecule has 4 aromatic rings. The van der Waals surface area contributed by atoms with Crippen LogP contribution >= 0.6 is 27.3 Å². The third-order valence-electron chi connectivity index (χ3n) is 5.80. The number of rotatable bonds is 4. The first-order valence-corrected chi connectivity index (χ1v) is 12.2. The number of nitrogens with zero attached hydrogens (tertiary/aromatic N) is 2. The summed E-state index contributed by atoms with van der Waals surface area (Å²) < 4.78 is 15.2. The van der Waals surface area contributed by atoms with E-state index in [1.807, 2.05) is 18.2 Å². The molecule has 5 nitrogen and oxygen atoms in total. The summed E-state index contributed by atoms with van der Waals surface area (Å²) in [7, 11) is 0. The second kappa shape index (κ2) is 8.77. The van der Waals surface area contributed by atoms with Crippen LogP contribution in [0, 0.1) is 5.82 Å². The molecule has 1 saturated heterocycles. The number of ketones is 1. The first kappa shape index (κ1) is 22.4. The van der Waals surface area contributed by atoms with E-state index in [-0.39, 0.29) is 16.9 Å². The molecule has 1 fully saturated rings. The van der Waals surface area contributed by atoms with E-state index in [4.69, 9.17) is 0 Å². The minimum atomic E-state index is -0.885. The summed E-state index contributed by atoms with van der Waals surface area (Å²) in [5, 5.41) is 11.5. The molecule has 1 N–H and O–H groups in total. The number of carbonyl (C=O) groups excluding carboxylic acids is 2. The number of Topliss-reactive ketones (excluding diaryl/α,β-unsaturated/α-hetero) is 1. The van der Waals surface area contributed by atoms with Gasteiger partial charge in [-0.25, -0.2) is 9.37 Å². The van der Waals surface area contributed by atoms with Crippen LogP contribution in [-0.4, -0.2) is 21.8 Å². The van der Waals surface area contributed by atoms with E-state index in [9.17, 15) is 19.1 Å². The molecule has 0 aliphatic carbocycles. The molecule has 1 aliphatic rings. The van der Waals surface area contributed by atoms with E-state index in [1.165, 1.54) is 40.5 Å². The maximum absolute atomic E-state index is 13.4. The maximum atomic E-state index is 13.4. The molecular weight excluding hydrogens is 519 g/mol. The lowest BCUT2D eigenvalue weighted by atomic mass is 9.95. The number of hydrogen-bond donors (Lipinski definition) is 1. The molecule has 1 amide bonds. The van der Waals surface area contributed by atoms with Crippen LogP contribution in [0.1, 0.15) is 29.7 Å². The minimum absolute atomic E-state index is 0.0626. The Morgan fingerprint density at radius 3 is 2.47 bits per heavy atom. The van der Waals surface area contributed by atoms with E-state index < -0.39 is 23.5 Å². The summed E-state index contributed by atoms with van der Waals surface area (Å²) in [5.74, 6) is -2.42. The number of halogens is 2. The molecule has 8 heteroatoms. The molecule has 1 aliphatic heterocycles. The number of aromatic nitrogens is 1. The normalized spacial score (nSPS) is 17.6. The number of hydrogen-bond acceptors (Lipinski definition) is 5. The predicted octanol–water partition coefficient (Wildman–Crippen LogP) is 6.39. The molecule has 1 atom stereocenters. The van der Waals surface area contributed by atoms with E-state index >= 15 is 0 Å². The van der Waals surface area contributed by atoms with Crippen molar-refractivity contribution < 1.29 is 19.1 Å². The highest BCUT2D eigenvalue weighted by Crippen LogP contribution is 2.44. The summed E-state index contributed by atoms with van der Waals surface area (Å²) in [4.78, 5) is 32.5. The molecule has 5 rings (SSSR count). The Labute approximate surface area is 207 Å². The van der Waals surface area contributed by atoms with Gasteiger partial charge in [0, 0.05) is 10.0 Å². The van der Waals surface area contributed by atoms with Crippen LogP contribution in [0.25, 0.3) is 16.0 Å². The molecular formula is C26H18BrFN2O3S. The number of aliphatic hydroxyl groups excluding tert-OH is 1. The zero-order valence-electron chi connectivity index (χ0n) is 18.0. The summed E-state index contributed by atoms with van der Waals surface area (Å²) in [5.41, 5.74) is 2.70. The number of aliphatic hydroxyl groups is 1. The average molecular weight is 537 g/mol. The van der Waals surface area contributed by atoms with Crippen molar-refractivity contribution in [2.24, 2.45) is 0 Å². The molecule has 3 aromatic carbocycles. The van der Waals surface area contributed by atoms with Gasteiger partial charge in [-0.1, -0.05) is 52.4 Å². The van der Waals surface area contributed by atoms with Gasteiger partial charge < -0.3 is 5.11 Å². The van der Waals surface area contributed by atoms with Gasteiger partial charge in [-0.15, -0.1) is 0 Å². The van der Waals surface area contributed by atoms with Crippen molar-refractivity contribution in [1.29, 1.82) is 0 Å². The van der Waals surface area contributed by atoms with Crippen LogP contribution in [0.5, 0.6) is 0 Å². The Hall–Kier alpha value is -3.36. The zero-order chi connectivity index (χ0) is 24.0. The molecule has 0 saturated carbocycles. The number of thiazole rings is 1. The molecule has 2 heterocycles. The maximum Gasteiger partial charge on any atom is 0.301 e. The Morgan fingerprint density at radius 1 is 1.09 bits per heavy atom. The third kappa shape index (κ3) is 3.82. The van der Waals surface area contributed by atoms with Gasteiger partial charge >= 0.3 is 5.91 Å². The second-order valence-electron chi connectivity index (χ2n) is 7.88. The van der Waals surface area contributed by atoms with Crippen LogP contribution in [0.3, 0.4) is 0 Å². The number of amides is 1. The Balaban J connectivity index is 1.71. The van der Waals surface area contributed by atoms with Crippen LogP contribution < -0.4 is 4.90 Å². The lowest BCUT2D eigenvalue weighted by molar-refractivity contribution is -0.132. The van der Waals surface area contributed by atoms with E-state index in [1.54, 1.807) is 24.3 Å². The standard InChI is InChI=1S/C26H18BrFN2O3S/c1-2-14-3-12-19-20(13-14)34-26(29-19)30-22(15-4-8-17(27)9-5-15)21(24(32)25(30)33)23(31)16-6-10-18(28)11-7-16/h3-13,22,31H,2H2,1H3/t22-/m0/s1. The Morgan fingerprint density at radius 2 is 1.79 bits per heavy atom. The first-order chi connectivity index (χ1) is 16.4. The number of benzene rings is 3. The second-order valence-corrected chi connectivity index (χ2v) is 9.80. The van der Waals surface area contributed by atoms with Gasteiger partial charge in [-0.2, -0.15) is 0 Å². The monoisotopic (exact) mass is 536 g/mol. The van der Waals surface area contributed by atoms with Crippen molar-refractivity contribution in [2.75, 3.05) is 4.90 Å². The van der Waals surface area contributed by atoms with E-state index in [0.29, 0.717) is 10.7 Å². The number of aryl methyl sites for hydroxylation is 1. The van der Waals surface area contributed by atoms with Gasteiger partial charge in [0.25, 0.3) is 5.78 Å². The Kier molecular flexibility index (Phi) is 5.79. The fraction of sp³-hybridized carbons (Fsp3) is 0.115. The zero-order valence-corrected chi connectivity index (χ0v) is 20.4. The highest BCUT2D eigenvalue weighted by atomic mass is 79.9. The number of anilines is 1. The molecule has 0 unspecified atom stereocenters. The fourth-order valence-corrected chi connectivity index (χ4v) is 5.35. The van der Waals surface area contributed by atoms with Crippen LogP contribution in [0.4, 0.5) is 9.52 Å². The summed E-state index contributed by atoms with van der Waals surface area (Å²) in [6, 6.07) is 17.3. The molecule has 0 radical (unpaired) electrons. The summed E-state index contributed by atoms with van der Waals surface area (Å²) in [6.07, 6.45) is 0.865. The molecule has 0 spiro atoms. The topological polar surface area (TPSA) is 70.5 Å². The quantitative estimate of drug-likeness (QED) is 0.186. The van der Waals surface area contributed by atoms with Gasteiger partial charge in [-0.05, 0) is 66.1 Å². The highest BCUT2D eigenvalue weighted by molar-refractivity contribution is 9.10. The van der Waals surface area contributed by atoms with Crippen LogP contribution in [0.2, 0.25) is 0 Å². The van der Waals surface area contributed by atoms with Crippen molar-refractivity contribution in [3.63, 3.8) is 0 Å². The molecule has 170 valence electrons. The van der Waals surface area contributed by atoms with Gasteiger partial charge in [0.1, 0.15) is 11.6 Å². The first-order valence-electron chi connectivity index (χ1n) is 10.6. The summed E-state index contributed by atoms with van der Waals surface area (Å²) >= 11 is 4.73. The Bertz CT molecular complexity index is 1460. The van der Waals surface area contributed by atoms with Crippen LogP contribution in [0.15, 0.2) is 76.8 Å². The number of carbonyl (C=O) groups is 2. The van der Waals surface area contributed by atoms with Gasteiger partial charge in [-0.3, -0.25) is 14.5 Å². The number of fused-ring (bicyclic) bond motifs is 1. The SMILES string of the molecule is CCc1ccc2nc(N3C(=O)C(=O)C(=C(O)c4ccc(F)cc4)[C@@H]3c3ccc(Br)cc3)sc2c1. The highest BCUT2D eigenvalue weighted by Gasteiger charge is 2.48. The summed E-state index contributed by atoms with van der Waals surface area (Å²) in [6.45, 7) is 2.06. The van der Waals surface area contributed by atoms with Gasteiger partial charge in [0.05, 0.1) is 21.8 Å². The molecule has 1 aromatic heterocycles. The minimum Gasteiger partial charge on any atom is -0.507 e. The van der Waals surface area contributed by atoms with Crippen molar-refractivity contribution in [3.05, 3.63) is 99.3 Å². The fourth-order valence-electron chi connectivity index (χ4n) is 4.03. The van der Waals surface area contributed by atoms with Gasteiger partial charge in [0.15, 0.2) is 5.13 Å². The van der Waals surface area contributed by atoms with Crippen molar-refractivity contribution in [1.82, 2.24) is 4.98 Å². The molecule has 0 bridgehead atoms. The van der Waals surface area contributed by atoms with Crippen molar-refractivity contribution in [2.45, 2.75) is 19.4 Å². The third-order valence-corrected chi connectivity index (χ3v) is 7.35. The lowest BCUT2D eigenvalue weighted by Crippen LogP contribution is -2.29. The van der Waals surface area contributed by atoms with Crippen LogP contribution in [-0.2, 0) is 16.0 Å². The molecule has 34 heavy (non-hydrogen) atoms. The van der Waals surface area contributed by atoms with Crippen molar-refractivity contribution >= 4 is 60.1 Å². The smallest absolute Gasteiger partial charge is 0.301 e. The average Bonchev–Trinajstić information content (AvgIpc) is 3.37. The largest absolute Gasteiger partial charge is 0.507 e. The van der Waals surface area contributed by atoms with E-state index in [2.05, 4.69) is 27.8 Å². The predicted molar refractivity (Wildman–Crippen MR) is 134 cm³/mol. The van der Waals surface area contributed by atoms with Gasteiger partial charge in [0.2, 0.25) is 0 Å². The van der Waals surface area contributed by atoms with E-state index in [0.717, 1.165) is 26.7 Å². The lowest BCUT2D eigenvalue weighted by Gasteiger charge is -2.23. The van der Waals surface area contributed by atoms with Crippen molar-refractivity contribution in [3.8, 4) is 0 Å².